The Balaban J connectivity index is 0. The number of aliphatic hydroxyl groups excluding tert-OH is 2. The first-order chi connectivity index (χ1) is 18.0. The van der Waals surface area contributed by atoms with Crippen LogP contribution in [0.5, 0.6) is 0 Å². The number of nitrogens with one attached hydrogen (secondary N) is 4. The Kier molecular flexibility index (Phi) is 21.6. The van der Waals surface area contributed by atoms with E-state index in [0.717, 1.165) is 42.5 Å². The highest BCUT2D eigenvalue weighted by Gasteiger charge is 2.14. The Bertz CT molecular complexity index is 990. The first-order valence-corrected chi connectivity index (χ1v) is 12.0. The van der Waals surface area contributed by atoms with Gasteiger partial charge in [-0.15, -0.1) is 13.2 Å². The lowest BCUT2D eigenvalue weighted by atomic mass is 10.0. The van der Waals surface area contributed by atoms with Crippen LogP contribution in [0.4, 0.5) is 5.69 Å². The summed E-state index contributed by atoms with van der Waals surface area (Å²) >= 11 is 4.59. The molecule has 0 fully saturated rings. The molecule has 0 spiro atoms. The molecule has 0 aromatic heterocycles. The van der Waals surface area contributed by atoms with Gasteiger partial charge in [0.1, 0.15) is 12.0 Å². The summed E-state index contributed by atoms with van der Waals surface area (Å²) in [6, 6.07) is 13.5. The number of hydrogen-bond donors (Lipinski definition) is 6. The van der Waals surface area contributed by atoms with E-state index >= 15 is 0 Å². The molecule has 1 aliphatic carbocycles. The molecule has 9 heteroatoms. The molecule has 2 aromatic rings. The van der Waals surface area contributed by atoms with Gasteiger partial charge in [-0.2, -0.15) is 5.10 Å². The Hall–Kier alpha value is -3.82. The minimum atomic E-state index is 0.321. The second kappa shape index (κ2) is 22.6. The van der Waals surface area contributed by atoms with Crippen molar-refractivity contribution in [2.24, 2.45) is 5.10 Å². The van der Waals surface area contributed by atoms with Gasteiger partial charge in [-0.1, -0.05) is 24.4 Å². The normalized spacial score (nSPS) is 11.4. The van der Waals surface area contributed by atoms with Crippen LogP contribution in [0, 0.1) is 5.41 Å². The Labute approximate surface area is 226 Å². The number of fused-ring (bicyclic) bond motifs is 1. The van der Waals surface area contributed by atoms with Crippen LogP contribution in [0.25, 0.3) is 5.70 Å². The molecule has 0 amide bonds. The van der Waals surface area contributed by atoms with Gasteiger partial charge in [-0.05, 0) is 74.4 Å². The summed E-state index contributed by atoms with van der Waals surface area (Å²) in [6.45, 7) is 10.4. The van der Waals surface area contributed by atoms with Gasteiger partial charge >= 0.3 is 0 Å². The molecule has 37 heavy (non-hydrogen) atoms. The fourth-order valence-electron chi connectivity index (χ4n) is 3.47. The molecule has 0 atom stereocenters. The predicted molar refractivity (Wildman–Crippen MR) is 162 cm³/mol. The number of thiocarbonyl (C=S) groups is 1. The van der Waals surface area contributed by atoms with Crippen molar-refractivity contribution in [2.75, 3.05) is 26.5 Å². The summed E-state index contributed by atoms with van der Waals surface area (Å²) in [5.74, 6) is 0.321. The fourth-order valence-corrected chi connectivity index (χ4v) is 3.61. The number of allylic oxidation sites excluding steroid dienone is 1. The van der Waals surface area contributed by atoms with E-state index in [2.05, 4.69) is 71.5 Å². The maximum absolute atomic E-state index is 10.3. The molecular weight excluding hydrogens is 486 g/mol. The number of benzene rings is 2. The van der Waals surface area contributed by atoms with Crippen molar-refractivity contribution in [3.63, 3.8) is 0 Å². The monoisotopic (exact) mass is 527 g/mol. The summed E-state index contributed by atoms with van der Waals surface area (Å²) in [5.41, 5.74) is 11.2. The van der Waals surface area contributed by atoms with E-state index in [0.29, 0.717) is 17.7 Å². The van der Waals surface area contributed by atoms with E-state index in [-0.39, 0.29) is 0 Å². The second-order valence-corrected chi connectivity index (χ2v) is 7.39. The Morgan fingerprint density at radius 1 is 1.08 bits per heavy atom. The molecular formula is C28H41N5O3S. The third-order valence-corrected chi connectivity index (χ3v) is 5.04. The summed E-state index contributed by atoms with van der Waals surface area (Å²) < 4.78 is 0. The highest BCUT2D eigenvalue weighted by molar-refractivity contribution is 7.79. The smallest absolute Gasteiger partial charge is 0.150 e. The largest absolute Gasteiger partial charge is 0.510 e. The molecule has 0 bridgehead atoms. The standard InChI is InChI=1S/C16H23N3O.C8H7NOS.C2H4.CH3N.CH4O/c1-11(19-18-3)9-15(20)16(17-2)14-8-7-12-5-4-6-13(12)10-14;10-5-7-1-3-8(4-2-7)9-6-11;3*1-2/h7-8,10,17-18,20H,4-6,9H2,1-3H3;1-6H,(H,9,11);1-2H2;2H,1H2;2H,1H3/b16-15+,19-11+;;;;. The van der Waals surface area contributed by atoms with Gasteiger partial charge in [0, 0.05) is 50.2 Å². The van der Waals surface area contributed by atoms with Crippen LogP contribution in [0.15, 0.2) is 66.5 Å². The molecule has 0 aliphatic heterocycles. The van der Waals surface area contributed by atoms with E-state index in [1.165, 1.54) is 29.5 Å². The van der Waals surface area contributed by atoms with E-state index in [1.54, 1.807) is 31.3 Å². The van der Waals surface area contributed by atoms with Gasteiger partial charge in [0.05, 0.1) is 11.2 Å². The Morgan fingerprint density at radius 3 is 2.19 bits per heavy atom. The van der Waals surface area contributed by atoms with E-state index in [1.807, 2.05) is 14.0 Å². The van der Waals surface area contributed by atoms with Crippen LogP contribution >= 0.6 is 12.2 Å². The SMILES string of the molecule is C=C.C=N.CN/N=C(\C)C/C(O)=C(\NC)c1ccc2c(c1)CCC2.CO.O=Cc1ccc(NC=S)cc1. The zero-order chi connectivity index (χ0) is 28.6. The number of hydrazone groups is 1. The number of aryl methyl sites for hydroxylation is 2. The zero-order valence-electron chi connectivity index (χ0n) is 22.3. The molecule has 6 N–H and O–H groups in total. The minimum absolute atomic E-state index is 0.321. The summed E-state index contributed by atoms with van der Waals surface area (Å²) in [6.07, 6.45) is 4.79. The quantitative estimate of drug-likeness (QED) is 0.0699. The van der Waals surface area contributed by atoms with Crippen molar-refractivity contribution in [1.82, 2.24) is 10.7 Å². The van der Waals surface area contributed by atoms with Crippen LogP contribution in [0.3, 0.4) is 0 Å². The maximum atomic E-state index is 10.3. The zero-order valence-corrected chi connectivity index (χ0v) is 23.1. The number of aliphatic hydroxyl groups is 2. The number of nitrogens with zero attached hydrogens (tertiary/aromatic N) is 1. The van der Waals surface area contributed by atoms with E-state index < -0.39 is 0 Å². The molecule has 202 valence electrons. The molecule has 0 saturated carbocycles. The molecule has 2 aromatic carbocycles. The van der Waals surface area contributed by atoms with Crippen LogP contribution in [0.2, 0.25) is 0 Å². The number of aldehydes is 1. The molecule has 0 radical (unpaired) electrons. The van der Waals surface area contributed by atoms with E-state index in [9.17, 15) is 9.90 Å². The number of rotatable bonds is 8. The molecule has 8 nitrogen and oxygen atoms in total. The van der Waals surface area contributed by atoms with E-state index in [4.69, 9.17) is 10.5 Å². The molecule has 0 unspecified atom stereocenters. The van der Waals surface area contributed by atoms with Crippen molar-refractivity contribution in [1.29, 1.82) is 5.41 Å². The van der Waals surface area contributed by atoms with Crippen LogP contribution in [-0.4, -0.2) is 55.6 Å². The van der Waals surface area contributed by atoms with Gasteiger partial charge in [0.2, 0.25) is 0 Å². The number of hydrogen-bond acceptors (Lipinski definition) is 8. The van der Waals surface area contributed by atoms with Crippen LogP contribution in [0.1, 0.15) is 46.8 Å². The molecule has 3 rings (SSSR count). The number of anilines is 1. The van der Waals surface area contributed by atoms with Crippen molar-refractivity contribution in [3.8, 4) is 0 Å². The first kappa shape index (κ1) is 35.3. The second-order valence-electron chi connectivity index (χ2n) is 7.16. The van der Waals surface area contributed by atoms with Crippen LogP contribution in [-0.2, 0) is 12.8 Å². The van der Waals surface area contributed by atoms with Gasteiger partial charge in [0.15, 0.2) is 0 Å². The van der Waals surface area contributed by atoms with Crippen molar-refractivity contribution in [3.05, 3.63) is 83.6 Å². The number of carbonyl (C=O) groups is 1. The topological polar surface area (TPSA) is 130 Å². The molecule has 0 heterocycles. The van der Waals surface area contributed by atoms with Crippen molar-refractivity contribution >= 4 is 47.8 Å². The maximum Gasteiger partial charge on any atom is 0.150 e. The third-order valence-electron chi connectivity index (χ3n) is 4.92. The van der Waals surface area contributed by atoms with Gasteiger partial charge < -0.3 is 31.7 Å². The highest BCUT2D eigenvalue weighted by Crippen LogP contribution is 2.26. The fraction of sp³-hybridized carbons (Fsp3) is 0.286. The predicted octanol–water partition coefficient (Wildman–Crippen LogP) is 5.15. The molecule has 1 aliphatic rings. The van der Waals surface area contributed by atoms with Crippen molar-refractivity contribution < 1.29 is 15.0 Å². The minimum Gasteiger partial charge on any atom is -0.510 e. The molecule has 0 saturated heterocycles. The van der Waals surface area contributed by atoms with Gasteiger partial charge in [-0.25, -0.2) is 0 Å². The Morgan fingerprint density at radius 2 is 1.68 bits per heavy atom. The summed E-state index contributed by atoms with van der Waals surface area (Å²) in [4.78, 5) is 10.2. The lowest BCUT2D eigenvalue weighted by Crippen LogP contribution is -2.11. The summed E-state index contributed by atoms with van der Waals surface area (Å²) in [5, 5.41) is 32.8. The van der Waals surface area contributed by atoms with Gasteiger partial charge in [0.25, 0.3) is 0 Å². The first-order valence-electron chi connectivity index (χ1n) is 11.5. The third kappa shape index (κ3) is 13.2. The highest BCUT2D eigenvalue weighted by atomic mass is 32.1. The lowest BCUT2D eigenvalue weighted by molar-refractivity contribution is 0.112. The van der Waals surface area contributed by atoms with Crippen LogP contribution < -0.4 is 16.1 Å². The van der Waals surface area contributed by atoms with Crippen molar-refractivity contribution in [2.45, 2.75) is 32.6 Å². The average molecular weight is 528 g/mol. The number of carbonyl (C=O) groups excluding carboxylic acids is 1. The van der Waals surface area contributed by atoms with Gasteiger partial charge in [-0.3, -0.25) is 4.79 Å². The summed E-state index contributed by atoms with van der Waals surface area (Å²) in [7, 11) is 4.59. The lowest BCUT2D eigenvalue weighted by Gasteiger charge is -2.12. The average Bonchev–Trinajstić information content (AvgIpc) is 3.42.